The van der Waals surface area contributed by atoms with Crippen molar-refractivity contribution >= 4 is 34.5 Å². The summed E-state index contributed by atoms with van der Waals surface area (Å²) >= 11 is 1.57. The molecule has 7 nitrogen and oxygen atoms in total. The second kappa shape index (κ2) is 10.6. The van der Waals surface area contributed by atoms with Crippen LogP contribution >= 0.6 is 11.3 Å². The first-order valence-corrected chi connectivity index (χ1v) is 12.6. The first-order valence-electron chi connectivity index (χ1n) is 11.7. The number of benzene rings is 2. The number of rotatable bonds is 8. The maximum absolute atomic E-state index is 13.2. The van der Waals surface area contributed by atoms with Crippen LogP contribution in [0.1, 0.15) is 42.8 Å². The highest BCUT2D eigenvalue weighted by Crippen LogP contribution is 2.38. The standard InChI is InChI=1S/C27H31N3O4S/c1-16(2)20-8-6-7-17(3)26(20)29-24(31)14-30-22-13-19(9-10-23(22)34-18(4)27(30)32)21-15-35-25(28-21)11-12-33-5/h6-10,13,15-16,18H,11-12,14H2,1-5H3,(H,29,31). The summed E-state index contributed by atoms with van der Waals surface area (Å²) in [4.78, 5) is 32.4. The number of hydrogen-bond acceptors (Lipinski definition) is 6. The van der Waals surface area contributed by atoms with E-state index in [1.807, 2.05) is 48.7 Å². The number of carbonyl (C=O) groups is 2. The highest BCUT2D eigenvalue weighted by Gasteiger charge is 2.33. The van der Waals surface area contributed by atoms with Gasteiger partial charge in [-0.3, -0.25) is 14.5 Å². The van der Waals surface area contributed by atoms with Crippen molar-refractivity contribution in [3.63, 3.8) is 0 Å². The quantitative estimate of drug-likeness (QED) is 0.467. The van der Waals surface area contributed by atoms with Crippen LogP contribution < -0.4 is 15.0 Å². The predicted molar refractivity (Wildman–Crippen MR) is 139 cm³/mol. The summed E-state index contributed by atoms with van der Waals surface area (Å²) in [5.41, 5.74) is 5.11. The summed E-state index contributed by atoms with van der Waals surface area (Å²) in [5.74, 6) is 0.320. The number of fused-ring (bicyclic) bond motifs is 1. The van der Waals surface area contributed by atoms with E-state index in [0.29, 0.717) is 18.0 Å². The Hall–Kier alpha value is -3.23. The molecule has 0 aliphatic carbocycles. The maximum Gasteiger partial charge on any atom is 0.268 e. The number of carbonyl (C=O) groups excluding carboxylic acids is 2. The third kappa shape index (κ3) is 5.39. The predicted octanol–water partition coefficient (Wildman–Crippen LogP) is 5.18. The summed E-state index contributed by atoms with van der Waals surface area (Å²) in [6, 6.07) is 11.6. The Morgan fingerprint density at radius 3 is 2.83 bits per heavy atom. The Kier molecular flexibility index (Phi) is 7.52. The van der Waals surface area contributed by atoms with E-state index in [-0.39, 0.29) is 24.3 Å². The topological polar surface area (TPSA) is 80.8 Å². The monoisotopic (exact) mass is 493 g/mol. The van der Waals surface area contributed by atoms with Crippen molar-refractivity contribution in [2.75, 3.05) is 30.5 Å². The average molecular weight is 494 g/mol. The fourth-order valence-corrected chi connectivity index (χ4v) is 4.93. The molecule has 2 aromatic carbocycles. The number of para-hydroxylation sites is 1. The van der Waals surface area contributed by atoms with E-state index < -0.39 is 6.10 Å². The molecule has 0 radical (unpaired) electrons. The van der Waals surface area contributed by atoms with Crippen LogP contribution in [0.15, 0.2) is 41.8 Å². The lowest BCUT2D eigenvalue weighted by molar-refractivity contribution is -0.127. The lowest BCUT2D eigenvalue weighted by Gasteiger charge is -2.33. The summed E-state index contributed by atoms with van der Waals surface area (Å²) < 4.78 is 11.0. The number of hydrogen-bond donors (Lipinski definition) is 1. The third-order valence-electron chi connectivity index (χ3n) is 6.03. The zero-order valence-corrected chi connectivity index (χ0v) is 21.6. The molecule has 8 heteroatoms. The van der Waals surface area contributed by atoms with Gasteiger partial charge >= 0.3 is 0 Å². The number of nitrogens with one attached hydrogen (secondary N) is 1. The Morgan fingerprint density at radius 1 is 1.29 bits per heavy atom. The lowest BCUT2D eigenvalue weighted by Crippen LogP contribution is -2.47. The van der Waals surface area contributed by atoms with E-state index in [9.17, 15) is 9.59 Å². The van der Waals surface area contributed by atoms with Gasteiger partial charge < -0.3 is 14.8 Å². The molecule has 35 heavy (non-hydrogen) atoms. The number of ether oxygens (including phenoxy) is 2. The first-order chi connectivity index (χ1) is 16.8. The van der Waals surface area contributed by atoms with E-state index in [0.717, 1.165) is 39.5 Å². The molecule has 1 atom stereocenters. The van der Waals surface area contributed by atoms with E-state index in [2.05, 4.69) is 19.2 Å². The molecule has 1 unspecified atom stereocenters. The van der Waals surface area contributed by atoms with Crippen molar-refractivity contribution in [1.29, 1.82) is 0 Å². The van der Waals surface area contributed by atoms with Gasteiger partial charge in [-0.15, -0.1) is 11.3 Å². The van der Waals surface area contributed by atoms with Crippen molar-refractivity contribution in [2.45, 2.75) is 46.1 Å². The summed E-state index contributed by atoms with van der Waals surface area (Å²) in [7, 11) is 1.67. The zero-order valence-electron chi connectivity index (χ0n) is 20.8. The fraction of sp³-hybridized carbons (Fsp3) is 0.370. The van der Waals surface area contributed by atoms with Gasteiger partial charge in [0.15, 0.2) is 6.10 Å². The number of methoxy groups -OCH3 is 1. The van der Waals surface area contributed by atoms with Crippen LogP contribution in [0.25, 0.3) is 11.3 Å². The van der Waals surface area contributed by atoms with Gasteiger partial charge in [-0.2, -0.15) is 0 Å². The number of amides is 2. The molecule has 0 fully saturated rings. The van der Waals surface area contributed by atoms with E-state index in [4.69, 9.17) is 14.5 Å². The summed E-state index contributed by atoms with van der Waals surface area (Å²) in [6.07, 6.45) is 0.0696. The van der Waals surface area contributed by atoms with Crippen LogP contribution in [-0.4, -0.2) is 43.2 Å². The second-order valence-corrected chi connectivity index (χ2v) is 9.92. The van der Waals surface area contributed by atoms with Gasteiger partial charge in [0.05, 0.1) is 23.0 Å². The van der Waals surface area contributed by atoms with Crippen LogP contribution in [0.2, 0.25) is 0 Å². The lowest BCUT2D eigenvalue weighted by atomic mass is 9.98. The van der Waals surface area contributed by atoms with Crippen molar-refractivity contribution < 1.29 is 19.1 Å². The molecule has 184 valence electrons. The van der Waals surface area contributed by atoms with Crippen molar-refractivity contribution in [2.24, 2.45) is 0 Å². The van der Waals surface area contributed by atoms with Crippen LogP contribution in [0, 0.1) is 6.92 Å². The van der Waals surface area contributed by atoms with Crippen LogP contribution in [0.3, 0.4) is 0 Å². The molecule has 2 heterocycles. The van der Waals surface area contributed by atoms with Crippen molar-refractivity contribution in [3.8, 4) is 17.0 Å². The van der Waals surface area contributed by atoms with Gasteiger partial charge in [-0.25, -0.2) is 4.98 Å². The summed E-state index contributed by atoms with van der Waals surface area (Å²) in [5, 5.41) is 6.02. The summed E-state index contributed by atoms with van der Waals surface area (Å²) in [6.45, 7) is 8.36. The largest absolute Gasteiger partial charge is 0.479 e. The zero-order chi connectivity index (χ0) is 25.1. The van der Waals surface area contributed by atoms with Gasteiger partial charge in [-0.05, 0) is 49.1 Å². The third-order valence-corrected chi connectivity index (χ3v) is 6.94. The molecule has 1 aliphatic rings. The minimum atomic E-state index is -0.675. The van der Waals surface area contributed by atoms with Gasteiger partial charge in [0.1, 0.15) is 12.3 Å². The molecule has 0 bridgehead atoms. The van der Waals surface area contributed by atoms with Gasteiger partial charge in [0.2, 0.25) is 5.91 Å². The second-order valence-electron chi connectivity index (χ2n) is 8.98. The minimum absolute atomic E-state index is 0.106. The number of aryl methyl sites for hydroxylation is 1. The smallest absolute Gasteiger partial charge is 0.268 e. The number of aromatic nitrogens is 1. The molecule has 4 rings (SSSR count). The number of anilines is 2. The number of nitrogens with zero attached hydrogens (tertiary/aromatic N) is 2. The van der Waals surface area contributed by atoms with Crippen molar-refractivity contribution in [3.05, 3.63) is 57.9 Å². The Balaban J connectivity index is 1.61. The normalized spacial score (nSPS) is 15.2. The van der Waals surface area contributed by atoms with Crippen LogP contribution in [-0.2, 0) is 20.7 Å². The molecule has 0 saturated heterocycles. The first kappa shape index (κ1) is 24.9. The van der Waals surface area contributed by atoms with E-state index in [1.165, 1.54) is 4.90 Å². The molecule has 1 aliphatic heterocycles. The Labute approximate surface area is 210 Å². The Bertz CT molecular complexity index is 1240. The molecule has 2 amide bonds. The van der Waals surface area contributed by atoms with Crippen molar-refractivity contribution in [1.82, 2.24) is 4.98 Å². The van der Waals surface area contributed by atoms with Crippen LogP contribution in [0.4, 0.5) is 11.4 Å². The molecular weight excluding hydrogens is 462 g/mol. The minimum Gasteiger partial charge on any atom is -0.479 e. The molecule has 3 aromatic rings. The number of thiazole rings is 1. The van der Waals surface area contributed by atoms with Crippen LogP contribution in [0.5, 0.6) is 5.75 Å². The van der Waals surface area contributed by atoms with E-state index in [1.54, 1.807) is 25.4 Å². The van der Waals surface area contributed by atoms with Gasteiger partial charge in [0.25, 0.3) is 5.91 Å². The average Bonchev–Trinajstić information content (AvgIpc) is 3.30. The molecule has 1 N–H and O–H groups in total. The molecule has 0 spiro atoms. The molecule has 1 aromatic heterocycles. The van der Waals surface area contributed by atoms with Gasteiger partial charge in [0, 0.05) is 30.2 Å². The molecule has 0 saturated carbocycles. The maximum atomic E-state index is 13.2. The highest BCUT2D eigenvalue weighted by atomic mass is 32.1. The molecular formula is C27H31N3O4S. The SMILES string of the molecule is COCCc1nc(-c2ccc3c(c2)N(CC(=O)Nc2c(C)cccc2C(C)C)C(=O)C(C)O3)cs1. The fourth-order valence-electron chi connectivity index (χ4n) is 4.14. The Morgan fingerprint density at radius 2 is 2.09 bits per heavy atom. The van der Waals surface area contributed by atoms with Gasteiger partial charge in [-0.1, -0.05) is 32.0 Å². The highest BCUT2D eigenvalue weighted by molar-refractivity contribution is 7.09. The van der Waals surface area contributed by atoms with E-state index >= 15 is 0 Å².